The molecule has 0 aromatic heterocycles. The number of nitrogens with two attached hydrogens (primary N) is 1. The first-order valence-electron chi connectivity index (χ1n) is 6.66. The van der Waals surface area contributed by atoms with Crippen molar-refractivity contribution in [1.82, 2.24) is 0 Å². The average Bonchev–Trinajstić information content (AvgIpc) is 2.49. The van der Waals surface area contributed by atoms with Crippen LogP contribution in [0.4, 0.5) is 11.4 Å². The Kier molecular flexibility index (Phi) is 5.01. The summed E-state index contributed by atoms with van der Waals surface area (Å²) in [7, 11) is 0. The Morgan fingerprint density at radius 3 is 2.50 bits per heavy atom. The number of carbonyl (C=O) groups is 2. The van der Waals surface area contributed by atoms with Crippen LogP contribution in [0.1, 0.15) is 15.9 Å². The van der Waals surface area contributed by atoms with Crippen LogP contribution < -0.4 is 16.4 Å². The molecule has 0 fully saturated rings. The molecule has 0 saturated heterocycles. The molecule has 0 bridgehead atoms. The van der Waals surface area contributed by atoms with Gasteiger partial charge in [0.15, 0.2) is 0 Å². The Morgan fingerprint density at radius 2 is 1.77 bits per heavy atom. The first-order valence-corrected chi connectivity index (χ1v) is 7.04. The third-order valence-corrected chi connectivity index (χ3v) is 3.58. The van der Waals surface area contributed by atoms with E-state index in [0.29, 0.717) is 10.7 Å². The van der Waals surface area contributed by atoms with Gasteiger partial charge < -0.3 is 16.4 Å². The molecule has 0 saturated carbocycles. The minimum Gasteiger partial charge on any atom is -0.376 e. The van der Waals surface area contributed by atoms with Crippen LogP contribution in [0.2, 0.25) is 5.02 Å². The van der Waals surface area contributed by atoms with E-state index in [1.165, 1.54) is 0 Å². The monoisotopic (exact) mass is 317 g/mol. The summed E-state index contributed by atoms with van der Waals surface area (Å²) in [5.41, 5.74) is 7.59. The van der Waals surface area contributed by atoms with E-state index in [9.17, 15) is 9.59 Å². The number of carbonyl (C=O) groups excluding carboxylic acids is 2. The summed E-state index contributed by atoms with van der Waals surface area (Å²) in [5, 5.41) is 6.30. The number of halogens is 1. The molecule has 4 N–H and O–H groups in total. The standard InChI is InChI=1S/C16H16ClN3O2/c1-10-12(17)6-4-8-13(10)19-9-15(21)20-14-7-3-2-5-11(14)16(18)22/h2-8,19H,9H2,1H3,(H2,18,22)(H,20,21). The van der Waals surface area contributed by atoms with Gasteiger partial charge in [-0.2, -0.15) is 0 Å². The molecule has 2 aromatic carbocycles. The predicted octanol–water partition coefficient (Wildman–Crippen LogP) is 2.80. The molecule has 0 aliphatic heterocycles. The number of para-hydroxylation sites is 1. The molecule has 0 aliphatic carbocycles. The largest absolute Gasteiger partial charge is 0.376 e. The van der Waals surface area contributed by atoms with E-state index in [2.05, 4.69) is 10.6 Å². The fourth-order valence-corrected chi connectivity index (χ4v) is 2.15. The molecule has 0 unspecified atom stereocenters. The zero-order valence-electron chi connectivity index (χ0n) is 12.0. The first-order chi connectivity index (χ1) is 10.5. The van der Waals surface area contributed by atoms with Gasteiger partial charge in [0.05, 0.1) is 17.8 Å². The second-order valence-corrected chi connectivity index (χ2v) is 5.13. The van der Waals surface area contributed by atoms with Crippen molar-refractivity contribution in [2.24, 2.45) is 5.73 Å². The van der Waals surface area contributed by atoms with Gasteiger partial charge in [-0.15, -0.1) is 0 Å². The lowest BCUT2D eigenvalue weighted by Gasteiger charge is -2.12. The smallest absolute Gasteiger partial charge is 0.250 e. The second kappa shape index (κ2) is 6.95. The molecule has 2 aromatic rings. The maximum atomic E-state index is 12.0. The third kappa shape index (κ3) is 3.77. The number of hydrogen-bond donors (Lipinski definition) is 3. The van der Waals surface area contributed by atoms with Gasteiger partial charge in [-0.3, -0.25) is 9.59 Å². The molecule has 2 amide bonds. The van der Waals surface area contributed by atoms with Gasteiger partial charge in [0.1, 0.15) is 0 Å². The van der Waals surface area contributed by atoms with Crippen LogP contribution in [0.3, 0.4) is 0 Å². The molecule has 0 aliphatic rings. The number of benzene rings is 2. The highest BCUT2D eigenvalue weighted by atomic mass is 35.5. The lowest BCUT2D eigenvalue weighted by atomic mass is 10.1. The number of anilines is 2. The van der Waals surface area contributed by atoms with Crippen LogP contribution >= 0.6 is 11.6 Å². The van der Waals surface area contributed by atoms with Crippen LogP contribution in [-0.2, 0) is 4.79 Å². The first kappa shape index (κ1) is 15.9. The van der Waals surface area contributed by atoms with E-state index in [4.69, 9.17) is 17.3 Å². The van der Waals surface area contributed by atoms with Crippen molar-refractivity contribution in [1.29, 1.82) is 0 Å². The number of rotatable bonds is 5. The number of amides is 2. The quantitative estimate of drug-likeness (QED) is 0.792. The van der Waals surface area contributed by atoms with Crippen molar-refractivity contribution in [3.05, 3.63) is 58.6 Å². The van der Waals surface area contributed by atoms with Crippen LogP contribution in [0.5, 0.6) is 0 Å². The number of nitrogens with one attached hydrogen (secondary N) is 2. The van der Waals surface area contributed by atoms with Crippen molar-refractivity contribution >= 4 is 34.8 Å². The zero-order valence-corrected chi connectivity index (χ0v) is 12.8. The van der Waals surface area contributed by atoms with E-state index in [0.717, 1.165) is 11.3 Å². The van der Waals surface area contributed by atoms with E-state index < -0.39 is 5.91 Å². The van der Waals surface area contributed by atoms with E-state index in [1.54, 1.807) is 36.4 Å². The maximum absolute atomic E-state index is 12.0. The van der Waals surface area contributed by atoms with E-state index >= 15 is 0 Å². The lowest BCUT2D eigenvalue weighted by Crippen LogP contribution is -2.24. The third-order valence-electron chi connectivity index (χ3n) is 3.17. The topological polar surface area (TPSA) is 84.2 Å². The molecule has 0 radical (unpaired) electrons. The van der Waals surface area contributed by atoms with Gasteiger partial charge in [0, 0.05) is 10.7 Å². The molecule has 5 nitrogen and oxygen atoms in total. The minimum atomic E-state index is -0.588. The van der Waals surface area contributed by atoms with Gasteiger partial charge in [0.2, 0.25) is 5.91 Å². The molecule has 2 rings (SSSR count). The Hall–Kier alpha value is -2.53. The van der Waals surface area contributed by atoms with Gasteiger partial charge in [-0.25, -0.2) is 0 Å². The molecule has 0 atom stereocenters. The van der Waals surface area contributed by atoms with E-state index in [-0.39, 0.29) is 18.0 Å². The summed E-state index contributed by atoms with van der Waals surface area (Å²) in [6.45, 7) is 1.92. The molecule has 22 heavy (non-hydrogen) atoms. The molecular weight excluding hydrogens is 302 g/mol. The summed E-state index contributed by atoms with van der Waals surface area (Å²) >= 11 is 6.02. The summed E-state index contributed by atoms with van der Waals surface area (Å²) in [5.74, 6) is -0.873. The summed E-state index contributed by atoms with van der Waals surface area (Å²) in [6.07, 6.45) is 0. The van der Waals surface area contributed by atoms with Crippen molar-refractivity contribution in [2.75, 3.05) is 17.2 Å². The molecular formula is C16H16ClN3O2. The van der Waals surface area contributed by atoms with Gasteiger partial charge in [-0.05, 0) is 36.8 Å². The van der Waals surface area contributed by atoms with Crippen LogP contribution in [-0.4, -0.2) is 18.4 Å². The Balaban J connectivity index is 2.02. The van der Waals surface area contributed by atoms with Gasteiger partial charge in [0.25, 0.3) is 5.91 Å². The van der Waals surface area contributed by atoms with Gasteiger partial charge in [-0.1, -0.05) is 29.8 Å². The second-order valence-electron chi connectivity index (χ2n) is 4.72. The molecule has 0 heterocycles. The normalized spacial score (nSPS) is 10.1. The number of primary amides is 1. The summed E-state index contributed by atoms with van der Waals surface area (Å²) in [4.78, 5) is 23.3. The van der Waals surface area contributed by atoms with Crippen molar-refractivity contribution < 1.29 is 9.59 Å². The van der Waals surface area contributed by atoms with Crippen molar-refractivity contribution in [2.45, 2.75) is 6.92 Å². The Morgan fingerprint density at radius 1 is 1.09 bits per heavy atom. The zero-order chi connectivity index (χ0) is 16.1. The highest BCUT2D eigenvalue weighted by Crippen LogP contribution is 2.22. The lowest BCUT2D eigenvalue weighted by molar-refractivity contribution is -0.114. The fraction of sp³-hybridized carbons (Fsp3) is 0.125. The fourth-order valence-electron chi connectivity index (χ4n) is 1.98. The number of hydrogen-bond acceptors (Lipinski definition) is 3. The van der Waals surface area contributed by atoms with Crippen LogP contribution in [0, 0.1) is 6.92 Å². The van der Waals surface area contributed by atoms with Crippen molar-refractivity contribution in [3.8, 4) is 0 Å². The summed E-state index contributed by atoms with van der Waals surface area (Å²) in [6, 6.07) is 12.0. The molecule has 6 heteroatoms. The minimum absolute atomic E-state index is 0.0499. The summed E-state index contributed by atoms with van der Waals surface area (Å²) < 4.78 is 0. The maximum Gasteiger partial charge on any atom is 0.250 e. The molecule has 114 valence electrons. The predicted molar refractivity (Wildman–Crippen MR) is 88.3 cm³/mol. The highest BCUT2D eigenvalue weighted by molar-refractivity contribution is 6.31. The Labute approximate surface area is 133 Å². The van der Waals surface area contributed by atoms with E-state index in [1.807, 2.05) is 13.0 Å². The van der Waals surface area contributed by atoms with Gasteiger partial charge >= 0.3 is 0 Å². The SMILES string of the molecule is Cc1c(Cl)cccc1NCC(=O)Nc1ccccc1C(N)=O. The van der Waals surface area contributed by atoms with Crippen LogP contribution in [0.15, 0.2) is 42.5 Å². The average molecular weight is 318 g/mol. The van der Waals surface area contributed by atoms with Crippen LogP contribution in [0.25, 0.3) is 0 Å². The highest BCUT2D eigenvalue weighted by Gasteiger charge is 2.10. The van der Waals surface area contributed by atoms with Crippen molar-refractivity contribution in [3.63, 3.8) is 0 Å². The Bertz CT molecular complexity index is 716. The molecule has 0 spiro atoms.